The fourth-order valence-corrected chi connectivity index (χ4v) is 2.25. The van der Waals surface area contributed by atoms with E-state index < -0.39 is 9.05 Å². The molecular weight excluding hydrogens is 204 g/mol. The van der Waals surface area contributed by atoms with Crippen LogP contribution in [0.4, 0.5) is 0 Å². The maximum atomic E-state index is 10.2. The standard InChI is InChI=1S/C8H19O5Si/c1-10-14(11-2,12-3)13-8-6-4-5-7-9/h4-8H2,1-3H3. The Morgan fingerprint density at radius 3 is 1.93 bits per heavy atom. The summed E-state index contributed by atoms with van der Waals surface area (Å²) in [4.78, 5) is 0. The molecule has 0 bridgehead atoms. The number of rotatable bonds is 9. The van der Waals surface area contributed by atoms with Gasteiger partial charge in [-0.3, -0.25) is 0 Å². The van der Waals surface area contributed by atoms with Crippen molar-refractivity contribution in [1.29, 1.82) is 0 Å². The Bertz CT molecular complexity index is 121. The van der Waals surface area contributed by atoms with E-state index in [0.717, 1.165) is 12.8 Å². The second-order valence-corrected chi connectivity index (χ2v) is 5.24. The molecule has 5 nitrogen and oxygen atoms in total. The van der Waals surface area contributed by atoms with Gasteiger partial charge in [-0.15, -0.1) is 0 Å². The molecule has 0 unspecified atom stereocenters. The molecule has 0 rings (SSSR count). The van der Waals surface area contributed by atoms with Crippen LogP contribution >= 0.6 is 0 Å². The predicted octanol–water partition coefficient (Wildman–Crippen LogP) is 0.979. The monoisotopic (exact) mass is 223 g/mol. The molecule has 0 aliphatic rings. The third-order valence-corrected chi connectivity index (χ3v) is 3.88. The van der Waals surface area contributed by atoms with Crippen molar-refractivity contribution < 1.29 is 22.8 Å². The van der Waals surface area contributed by atoms with Gasteiger partial charge in [-0.05, 0) is 19.3 Å². The molecule has 0 N–H and O–H groups in total. The highest BCUT2D eigenvalue weighted by molar-refractivity contribution is 6.53. The lowest BCUT2D eigenvalue weighted by Crippen LogP contribution is -2.46. The summed E-state index contributed by atoms with van der Waals surface area (Å²) in [6, 6.07) is 0. The molecule has 0 spiro atoms. The Labute approximate surface area is 86.4 Å². The van der Waals surface area contributed by atoms with Crippen molar-refractivity contribution in [3.05, 3.63) is 0 Å². The zero-order valence-electron chi connectivity index (χ0n) is 9.08. The smallest absolute Gasteiger partial charge is 0.355 e. The molecule has 0 aromatic carbocycles. The van der Waals surface area contributed by atoms with Crippen molar-refractivity contribution in [3.63, 3.8) is 0 Å². The molecule has 0 saturated carbocycles. The Morgan fingerprint density at radius 2 is 1.50 bits per heavy atom. The highest BCUT2D eigenvalue weighted by Crippen LogP contribution is 2.09. The van der Waals surface area contributed by atoms with Crippen molar-refractivity contribution in [2.75, 3.05) is 34.5 Å². The summed E-state index contributed by atoms with van der Waals surface area (Å²) in [5.41, 5.74) is 0. The first-order valence-corrected chi connectivity index (χ1v) is 6.25. The van der Waals surface area contributed by atoms with E-state index in [4.69, 9.17) is 17.7 Å². The van der Waals surface area contributed by atoms with E-state index >= 15 is 0 Å². The summed E-state index contributed by atoms with van der Waals surface area (Å²) in [6.45, 7) is 0.475. The van der Waals surface area contributed by atoms with Gasteiger partial charge in [0.25, 0.3) is 0 Å². The van der Waals surface area contributed by atoms with E-state index in [2.05, 4.69) is 0 Å². The van der Waals surface area contributed by atoms with Crippen LogP contribution in [-0.2, 0) is 22.8 Å². The zero-order chi connectivity index (χ0) is 10.9. The molecule has 0 aliphatic heterocycles. The summed E-state index contributed by atoms with van der Waals surface area (Å²) < 4.78 is 20.6. The third-order valence-electron chi connectivity index (χ3n) is 1.82. The van der Waals surface area contributed by atoms with Gasteiger partial charge in [0.15, 0.2) is 0 Å². The van der Waals surface area contributed by atoms with Gasteiger partial charge in [-0.2, -0.15) is 0 Å². The van der Waals surface area contributed by atoms with Crippen LogP contribution in [0.3, 0.4) is 0 Å². The first-order chi connectivity index (χ1) is 6.74. The minimum absolute atomic E-state index is 0.0264. The molecule has 1 radical (unpaired) electrons. The number of unbranched alkanes of at least 4 members (excludes halogenated alkanes) is 2. The molecule has 6 heteroatoms. The van der Waals surface area contributed by atoms with E-state index in [1.165, 1.54) is 21.3 Å². The summed E-state index contributed by atoms with van der Waals surface area (Å²) >= 11 is 0. The lowest BCUT2D eigenvalue weighted by Gasteiger charge is -2.22. The average molecular weight is 223 g/mol. The van der Waals surface area contributed by atoms with Crippen molar-refractivity contribution in [2.24, 2.45) is 0 Å². The van der Waals surface area contributed by atoms with E-state index in [1.807, 2.05) is 0 Å². The van der Waals surface area contributed by atoms with Crippen molar-refractivity contribution >= 4 is 9.05 Å². The van der Waals surface area contributed by atoms with Crippen LogP contribution in [-0.4, -0.2) is 43.6 Å². The van der Waals surface area contributed by atoms with E-state index in [1.54, 1.807) is 0 Å². The van der Waals surface area contributed by atoms with E-state index in [9.17, 15) is 5.11 Å². The lowest BCUT2D eigenvalue weighted by molar-refractivity contribution is 0.00484. The Hall–Kier alpha value is 0.0169. The molecule has 0 aromatic rings. The first-order valence-electron chi connectivity index (χ1n) is 4.62. The van der Waals surface area contributed by atoms with Gasteiger partial charge in [0, 0.05) is 27.9 Å². The summed E-state index contributed by atoms with van der Waals surface area (Å²) in [7, 11) is 1.63. The Balaban J connectivity index is 3.61. The molecular formula is C8H19O5Si. The minimum Gasteiger partial charge on any atom is -0.355 e. The summed E-state index contributed by atoms with van der Waals surface area (Å²) in [5.74, 6) is 0. The molecule has 0 aliphatic carbocycles. The average Bonchev–Trinajstić information content (AvgIpc) is 2.24. The van der Waals surface area contributed by atoms with Gasteiger partial charge >= 0.3 is 9.05 Å². The highest BCUT2D eigenvalue weighted by Gasteiger charge is 2.41. The minimum atomic E-state index is -2.86. The van der Waals surface area contributed by atoms with Crippen molar-refractivity contribution in [2.45, 2.75) is 19.3 Å². The third kappa shape index (κ3) is 5.04. The van der Waals surface area contributed by atoms with Gasteiger partial charge in [-0.1, -0.05) is 0 Å². The molecule has 0 amide bonds. The maximum absolute atomic E-state index is 10.2. The molecule has 0 fully saturated rings. The quantitative estimate of drug-likeness (QED) is 0.432. The van der Waals surface area contributed by atoms with Crippen LogP contribution < -0.4 is 0 Å². The second kappa shape index (κ2) is 8.34. The zero-order valence-corrected chi connectivity index (χ0v) is 10.1. The summed E-state index contributed by atoms with van der Waals surface area (Å²) in [6.07, 6.45) is 2.38. The van der Waals surface area contributed by atoms with E-state index in [-0.39, 0.29) is 6.61 Å². The van der Waals surface area contributed by atoms with Gasteiger partial charge in [0.05, 0.1) is 6.61 Å². The van der Waals surface area contributed by atoms with Crippen molar-refractivity contribution in [3.8, 4) is 0 Å². The molecule has 0 atom stereocenters. The lowest BCUT2D eigenvalue weighted by atomic mass is 10.2. The fraction of sp³-hybridized carbons (Fsp3) is 1.00. The Morgan fingerprint density at radius 1 is 0.929 bits per heavy atom. The van der Waals surface area contributed by atoms with Gasteiger partial charge in [-0.25, -0.2) is 5.11 Å². The topological polar surface area (TPSA) is 56.8 Å². The predicted molar refractivity (Wildman–Crippen MR) is 52.1 cm³/mol. The van der Waals surface area contributed by atoms with Crippen LogP contribution in [0.5, 0.6) is 0 Å². The molecule has 0 saturated heterocycles. The van der Waals surface area contributed by atoms with Crippen LogP contribution in [0, 0.1) is 0 Å². The fourth-order valence-electron chi connectivity index (χ4n) is 1.00. The van der Waals surface area contributed by atoms with Crippen LogP contribution in [0.2, 0.25) is 0 Å². The normalized spacial score (nSPS) is 12.0. The second-order valence-electron chi connectivity index (χ2n) is 2.73. The van der Waals surface area contributed by atoms with Crippen LogP contribution in [0.25, 0.3) is 0 Å². The first kappa shape index (κ1) is 14.0. The SMILES string of the molecule is CO[Si](OC)(OC)OCCCCC[O]. The largest absolute Gasteiger partial charge is 0.678 e. The van der Waals surface area contributed by atoms with Gasteiger partial charge < -0.3 is 17.7 Å². The molecule has 85 valence electrons. The number of hydrogen-bond donors (Lipinski definition) is 0. The maximum Gasteiger partial charge on any atom is 0.678 e. The Kier molecular flexibility index (Phi) is 8.35. The molecule has 14 heavy (non-hydrogen) atoms. The van der Waals surface area contributed by atoms with E-state index in [0.29, 0.717) is 13.0 Å². The van der Waals surface area contributed by atoms with Crippen LogP contribution in [0.15, 0.2) is 0 Å². The van der Waals surface area contributed by atoms with Gasteiger partial charge in [0.2, 0.25) is 0 Å². The molecule has 0 heterocycles. The van der Waals surface area contributed by atoms with Crippen molar-refractivity contribution in [1.82, 2.24) is 0 Å². The molecule has 0 aromatic heterocycles. The van der Waals surface area contributed by atoms with Gasteiger partial charge in [0.1, 0.15) is 0 Å². The highest BCUT2D eigenvalue weighted by atomic mass is 28.4. The number of hydrogen-bond acceptors (Lipinski definition) is 4. The van der Waals surface area contributed by atoms with Crippen LogP contribution in [0.1, 0.15) is 19.3 Å². The summed E-state index contributed by atoms with van der Waals surface area (Å²) in [5, 5.41) is 10.2.